The van der Waals surface area contributed by atoms with E-state index in [4.69, 9.17) is 11.6 Å². The first-order valence-electron chi connectivity index (χ1n) is 8.71. The average Bonchev–Trinajstić information content (AvgIpc) is 2.87. The number of nitrogens with zero attached hydrogens (tertiary/aromatic N) is 1. The summed E-state index contributed by atoms with van der Waals surface area (Å²) in [6.45, 7) is 7.11. The highest BCUT2D eigenvalue weighted by atomic mass is 35.5. The molecule has 0 aliphatic carbocycles. The first kappa shape index (κ1) is 19.7. The molecule has 25 heavy (non-hydrogen) atoms. The maximum Gasteiger partial charge on any atom is 0.222 e. The van der Waals surface area contributed by atoms with Gasteiger partial charge in [-0.3, -0.25) is 9.59 Å². The largest absolute Gasteiger partial charge is 0.351 e. The number of hydrogen-bond donors (Lipinski definition) is 1. The van der Waals surface area contributed by atoms with Crippen molar-refractivity contribution >= 4 is 23.4 Å². The molecule has 6 heteroatoms. The maximum absolute atomic E-state index is 13.3. The molecule has 1 unspecified atom stereocenters. The predicted octanol–water partition coefficient (Wildman–Crippen LogP) is 3.91. The Morgan fingerprint density at radius 3 is 2.72 bits per heavy atom. The van der Waals surface area contributed by atoms with Gasteiger partial charge in [0, 0.05) is 31.5 Å². The van der Waals surface area contributed by atoms with Crippen LogP contribution < -0.4 is 5.32 Å². The van der Waals surface area contributed by atoms with Gasteiger partial charge in [0.15, 0.2) is 0 Å². The van der Waals surface area contributed by atoms with Crippen LogP contribution in [-0.4, -0.2) is 28.8 Å². The second kappa shape index (κ2) is 8.17. The molecule has 1 aromatic carbocycles. The molecule has 0 bridgehead atoms. The summed E-state index contributed by atoms with van der Waals surface area (Å²) >= 11 is 5.84. The lowest BCUT2D eigenvalue weighted by Crippen LogP contribution is -2.40. The van der Waals surface area contributed by atoms with Crippen LogP contribution in [-0.2, 0) is 16.1 Å². The molecule has 0 saturated carbocycles. The summed E-state index contributed by atoms with van der Waals surface area (Å²) in [7, 11) is 0. The van der Waals surface area contributed by atoms with Gasteiger partial charge in [-0.15, -0.1) is 0 Å². The Bertz CT molecular complexity index is 650. The van der Waals surface area contributed by atoms with E-state index in [0.29, 0.717) is 38.3 Å². The Morgan fingerprint density at radius 2 is 2.16 bits per heavy atom. The van der Waals surface area contributed by atoms with Gasteiger partial charge in [-0.25, -0.2) is 4.39 Å². The van der Waals surface area contributed by atoms with Gasteiger partial charge in [0.25, 0.3) is 0 Å². The standard InChI is InChI=1S/C19H26ClFN2O2/c1-13(2)11-23(12-14-4-5-16(21)15(20)10-14)18(25)7-9-19(3)8-6-17(24)22-19/h4-5,10,13H,6-9,11-12H2,1-3H3,(H,22,24). The third-order valence-electron chi connectivity index (χ3n) is 4.53. The number of hydrogen-bond acceptors (Lipinski definition) is 2. The van der Waals surface area contributed by atoms with E-state index in [1.807, 2.05) is 6.92 Å². The highest BCUT2D eigenvalue weighted by molar-refractivity contribution is 6.30. The highest BCUT2D eigenvalue weighted by Crippen LogP contribution is 2.25. The number of rotatable bonds is 7. The summed E-state index contributed by atoms with van der Waals surface area (Å²) < 4.78 is 13.3. The van der Waals surface area contributed by atoms with Crippen molar-refractivity contribution in [1.82, 2.24) is 10.2 Å². The monoisotopic (exact) mass is 368 g/mol. The zero-order chi connectivity index (χ0) is 18.6. The highest BCUT2D eigenvalue weighted by Gasteiger charge is 2.33. The van der Waals surface area contributed by atoms with Crippen molar-refractivity contribution in [2.45, 2.75) is 58.5 Å². The van der Waals surface area contributed by atoms with Crippen LogP contribution in [0.1, 0.15) is 52.0 Å². The summed E-state index contributed by atoms with van der Waals surface area (Å²) in [6, 6.07) is 4.54. The van der Waals surface area contributed by atoms with Crippen LogP contribution in [0.5, 0.6) is 0 Å². The summed E-state index contributed by atoms with van der Waals surface area (Å²) in [6.07, 6.45) is 2.28. The summed E-state index contributed by atoms with van der Waals surface area (Å²) in [5.74, 6) is -0.0508. The van der Waals surface area contributed by atoms with E-state index in [2.05, 4.69) is 19.2 Å². The van der Waals surface area contributed by atoms with Crippen molar-refractivity contribution in [3.05, 3.63) is 34.6 Å². The predicted molar refractivity (Wildman–Crippen MR) is 96.7 cm³/mol. The topological polar surface area (TPSA) is 49.4 Å². The lowest BCUT2D eigenvalue weighted by molar-refractivity contribution is -0.133. The minimum atomic E-state index is -0.461. The average molecular weight is 369 g/mol. The fourth-order valence-corrected chi connectivity index (χ4v) is 3.34. The van der Waals surface area contributed by atoms with Crippen LogP contribution >= 0.6 is 11.6 Å². The molecule has 4 nitrogen and oxygen atoms in total. The first-order chi connectivity index (χ1) is 11.7. The van der Waals surface area contributed by atoms with Gasteiger partial charge in [0.05, 0.1) is 5.02 Å². The van der Waals surface area contributed by atoms with Gasteiger partial charge < -0.3 is 10.2 Å². The Morgan fingerprint density at radius 1 is 1.44 bits per heavy atom. The van der Waals surface area contributed by atoms with E-state index >= 15 is 0 Å². The third kappa shape index (κ3) is 5.70. The van der Waals surface area contributed by atoms with Crippen molar-refractivity contribution in [2.75, 3.05) is 6.54 Å². The number of carbonyl (C=O) groups is 2. The number of amides is 2. The normalized spacial score (nSPS) is 20.0. The van der Waals surface area contributed by atoms with Crippen molar-refractivity contribution in [2.24, 2.45) is 5.92 Å². The van der Waals surface area contributed by atoms with E-state index in [-0.39, 0.29) is 22.4 Å². The fraction of sp³-hybridized carbons (Fsp3) is 0.579. The third-order valence-corrected chi connectivity index (χ3v) is 4.82. The summed E-state index contributed by atoms with van der Waals surface area (Å²) in [5, 5.41) is 3.03. The van der Waals surface area contributed by atoms with Crippen molar-refractivity contribution < 1.29 is 14.0 Å². The molecule has 1 aliphatic rings. The molecule has 0 spiro atoms. The smallest absolute Gasteiger partial charge is 0.222 e. The second-order valence-electron chi connectivity index (χ2n) is 7.53. The van der Waals surface area contributed by atoms with Crippen LogP contribution in [0.15, 0.2) is 18.2 Å². The van der Waals surface area contributed by atoms with E-state index in [9.17, 15) is 14.0 Å². The minimum Gasteiger partial charge on any atom is -0.351 e. The number of nitrogens with one attached hydrogen (secondary N) is 1. The molecule has 1 N–H and O–H groups in total. The zero-order valence-corrected chi connectivity index (χ0v) is 15.8. The number of benzene rings is 1. The molecule has 1 fully saturated rings. The first-order valence-corrected chi connectivity index (χ1v) is 9.09. The van der Waals surface area contributed by atoms with Gasteiger partial charge in [0.1, 0.15) is 5.82 Å². The van der Waals surface area contributed by atoms with E-state index in [1.165, 1.54) is 6.07 Å². The molecule has 0 radical (unpaired) electrons. The maximum atomic E-state index is 13.3. The van der Waals surface area contributed by atoms with Gasteiger partial charge in [-0.1, -0.05) is 31.5 Å². The van der Waals surface area contributed by atoms with Crippen LogP contribution in [0.3, 0.4) is 0 Å². The summed E-state index contributed by atoms with van der Waals surface area (Å²) in [4.78, 5) is 25.9. The second-order valence-corrected chi connectivity index (χ2v) is 7.93. The van der Waals surface area contributed by atoms with Crippen LogP contribution in [0.25, 0.3) is 0 Å². The van der Waals surface area contributed by atoms with E-state index in [0.717, 1.165) is 12.0 Å². The van der Waals surface area contributed by atoms with E-state index in [1.54, 1.807) is 17.0 Å². The summed E-state index contributed by atoms with van der Waals surface area (Å²) in [5.41, 5.74) is 0.510. The van der Waals surface area contributed by atoms with Crippen molar-refractivity contribution in [3.8, 4) is 0 Å². The molecule has 0 aromatic heterocycles. The minimum absolute atomic E-state index is 0.0384. The molecule has 1 aromatic rings. The Kier molecular flexibility index (Phi) is 6.44. The van der Waals surface area contributed by atoms with Gasteiger partial charge in [-0.05, 0) is 43.4 Å². The van der Waals surface area contributed by atoms with Gasteiger partial charge >= 0.3 is 0 Å². The van der Waals surface area contributed by atoms with Gasteiger partial charge in [-0.2, -0.15) is 0 Å². The van der Waals surface area contributed by atoms with Crippen molar-refractivity contribution in [3.63, 3.8) is 0 Å². The molecule has 2 rings (SSSR count). The molecule has 1 saturated heterocycles. The molecule has 1 atom stereocenters. The lowest BCUT2D eigenvalue weighted by atomic mass is 9.93. The van der Waals surface area contributed by atoms with Crippen molar-refractivity contribution in [1.29, 1.82) is 0 Å². The SMILES string of the molecule is CC(C)CN(Cc1ccc(F)c(Cl)c1)C(=O)CCC1(C)CCC(=O)N1. The zero-order valence-electron chi connectivity index (χ0n) is 15.1. The molecule has 1 aliphatic heterocycles. The fourth-order valence-electron chi connectivity index (χ4n) is 3.13. The number of halogens is 2. The van der Waals surface area contributed by atoms with Crippen LogP contribution in [0.2, 0.25) is 5.02 Å². The van der Waals surface area contributed by atoms with Crippen LogP contribution in [0, 0.1) is 11.7 Å². The molecule has 1 heterocycles. The molecular formula is C19H26ClFN2O2. The quantitative estimate of drug-likeness (QED) is 0.793. The Hall–Kier alpha value is -1.62. The van der Waals surface area contributed by atoms with Crippen LogP contribution in [0.4, 0.5) is 4.39 Å². The van der Waals surface area contributed by atoms with Gasteiger partial charge in [0.2, 0.25) is 11.8 Å². The number of carbonyl (C=O) groups excluding carboxylic acids is 2. The molecular weight excluding hydrogens is 343 g/mol. The van der Waals surface area contributed by atoms with E-state index < -0.39 is 5.82 Å². The Balaban J connectivity index is 2.01. The Labute approximate surface area is 153 Å². The molecule has 138 valence electrons. The lowest BCUT2D eigenvalue weighted by Gasteiger charge is -2.28. The molecule has 2 amide bonds.